The molecule has 0 aliphatic heterocycles. The molecule has 78 valence electrons. The average molecular weight is 278 g/mol. The van der Waals surface area contributed by atoms with Gasteiger partial charge in [0.2, 0.25) is 0 Å². The Morgan fingerprint density at radius 1 is 1.36 bits per heavy atom. The highest BCUT2D eigenvalue weighted by molar-refractivity contribution is 9.09. The minimum Gasteiger partial charge on any atom is -0.488 e. The summed E-state index contributed by atoms with van der Waals surface area (Å²) in [5, 5.41) is 0. The SMILES string of the molecule is CC(C)(C)Oc1cccc(C(Cl)Br)c1. The molecule has 0 aliphatic carbocycles. The maximum atomic E-state index is 5.91. The summed E-state index contributed by atoms with van der Waals surface area (Å²) in [6, 6.07) is 7.77. The molecule has 0 heterocycles. The third kappa shape index (κ3) is 3.89. The number of hydrogen-bond acceptors (Lipinski definition) is 1. The van der Waals surface area contributed by atoms with Crippen LogP contribution in [0.1, 0.15) is 30.6 Å². The molecule has 0 spiro atoms. The van der Waals surface area contributed by atoms with Crippen molar-refractivity contribution in [2.45, 2.75) is 30.7 Å². The lowest BCUT2D eigenvalue weighted by molar-refractivity contribution is 0.131. The normalized spacial score (nSPS) is 13.8. The Labute approximate surface area is 98.5 Å². The molecule has 0 fully saturated rings. The fraction of sp³-hybridized carbons (Fsp3) is 0.455. The van der Waals surface area contributed by atoms with Gasteiger partial charge in [0.05, 0.1) is 0 Å². The first-order chi connectivity index (χ1) is 6.38. The van der Waals surface area contributed by atoms with Gasteiger partial charge >= 0.3 is 0 Å². The fourth-order valence-electron chi connectivity index (χ4n) is 1.07. The van der Waals surface area contributed by atoms with Crippen LogP contribution in [0, 0.1) is 0 Å². The molecule has 0 saturated carbocycles. The van der Waals surface area contributed by atoms with Crippen LogP contribution < -0.4 is 4.74 Å². The van der Waals surface area contributed by atoms with Crippen LogP contribution in [-0.2, 0) is 0 Å². The molecule has 0 amide bonds. The highest BCUT2D eigenvalue weighted by Crippen LogP contribution is 2.30. The molecule has 1 aromatic carbocycles. The standard InChI is InChI=1S/C11H14BrClO/c1-11(2,3)14-9-6-4-5-8(7-9)10(12)13/h4-7,10H,1-3H3. The van der Waals surface area contributed by atoms with Crippen LogP contribution >= 0.6 is 27.5 Å². The van der Waals surface area contributed by atoms with Gasteiger partial charge in [-0.1, -0.05) is 28.1 Å². The second kappa shape index (κ2) is 4.54. The minimum absolute atomic E-state index is 0.161. The van der Waals surface area contributed by atoms with Crippen molar-refractivity contribution in [3.8, 4) is 5.75 Å². The van der Waals surface area contributed by atoms with Crippen LogP contribution in [0.25, 0.3) is 0 Å². The van der Waals surface area contributed by atoms with Gasteiger partial charge in [0.15, 0.2) is 0 Å². The molecule has 1 nitrogen and oxygen atoms in total. The predicted octanol–water partition coefficient (Wildman–Crippen LogP) is 4.50. The predicted molar refractivity (Wildman–Crippen MR) is 64.3 cm³/mol. The summed E-state index contributed by atoms with van der Waals surface area (Å²) in [6.45, 7) is 6.06. The van der Waals surface area contributed by atoms with Crippen LogP contribution in [0.5, 0.6) is 5.75 Å². The minimum atomic E-state index is -0.174. The number of benzene rings is 1. The Morgan fingerprint density at radius 2 is 2.00 bits per heavy atom. The van der Waals surface area contributed by atoms with E-state index in [4.69, 9.17) is 16.3 Å². The lowest BCUT2D eigenvalue weighted by atomic mass is 10.2. The van der Waals surface area contributed by atoms with Crippen molar-refractivity contribution >= 4 is 27.5 Å². The van der Waals surface area contributed by atoms with Gasteiger partial charge in [-0.05, 0) is 38.5 Å². The number of hydrogen-bond donors (Lipinski definition) is 0. The number of rotatable bonds is 2. The van der Waals surface area contributed by atoms with Gasteiger partial charge in [-0.25, -0.2) is 0 Å². The van der Waals surface area contributed by atoms with Gasteiger partial charge in [0.1, 0.15) is 15.6 Å². The molecule has 1 atom stereocenters. The topological polar surface area (TPSA) is 9.23 Å². The molecule has 0 bridgehead atoms. The van der Waals surface area contributed by atoms with E-state index in [9.17, 15) is 0 Å². The summed E-state index contributed by atoms with van der Waals surface area (Å²) in [6.07, 6.45) is 0. The summed E-state index contributed by atoms with van der Waals surface area (Å²) in [5.74, 6) is 0.847. The maximum Gasteiger partial charge on any atom is 0.120 e. The van der Waals surface area contributed by atoms with Gasteiger partial charge in [-0.3, -0.25) is 0 Å². The van der Waals surface area contributed by atoms with Crippen molar-refractivity contribution in [1.82, 2.24) is 0 Å². The number of alkyl halides is 2. The van der Waals surface area contributed by atoms with Crippen LogP contribution in [0.15, 0.2) is 24.3 Å². The molecule has 0 saturated heterocycles. The molecule has 0 N–H and O–H groups in total. The van der Waals surface area contributed by atoms with E-state index < -0.39 is 0 Å². The first-order valence-corrected chi connectivity index (χ1v) is 5.81. The van der Waals surface area contributed by atoms with Gasteiger partial charge in [0, 0.05) is 0 Å². The Balaban J connectivity index is 2.84. The molecule has 1 aromatic rings. The zero-order chi connectivity index (χ0) is 10.8. The Kier molecular flexibility index (Phi) is 3.85. The monoisotopic (exact) mass is 276 g/mol. The van der Waals surface area contributed by atoms with Crippen LogP contribution in [-0.4, -0.2) is 5.60 Å². The van der Waals surface area contributed by atoms with E-state index in [1.807, 2.05) is 45.0 Å². The summed E-state index contributed by atoms with van der Waals surface area (Å²) in [4.78, 5) is 0. The van der Waals surface area contributed by atoms with Crippen LogP contribution in [0.3, 0.4) is 0 Å². The maximum absolute atomic E-state index is 5.91. The third-order valence-corrected chi connectivity index (χ3v) is 2.31. The van der Waals surface area contributed by atoms with Crippen molar-refractivity contribution < 1.29 is 4.74 Å². The molecule has 1 unspecified atom stereocenters. The van der Waals surface area contributed by atoms with Crippen molar-refractivity contribution in [3.05, 3.63) is 29.8 Å². The van der Waals surface area contributed by atoms with E-state index in [1.165, 1.54) is 0 Å². The summed E-state index contributed by atoms with van der Waals surface area (Å²) in [7, 11) is 0. The molecule has 3 heteroatoms. The van der Waals surface area contributed by atoms with E-state index in [-0.39, 0.29) is 9.89 Å². The molecule has 0 aliphatic rings. The van der Waals surface area contributed by atoms with Gasteiger partial charge in [0.25, 0.3) is 0 Å². The smallest absolute Gasteiger partial charge is 0.120 e. The van der Waals surface area contributed by atoms with E-state index in [0.29, 0.717) is 0 Å². The van der Waals surface area contributed by atoms with Crippen LogP contribution in [0.2, 0.25) is 0 Å². The van der Waals surface area contributed by atoms with E-state index in [2.05, 4.69) is 15.9 Å². The zero-order valence-corrected chi connectivity index (χ0v) is 10.9. The number of ether oxygens (including phenoxy) is 1. The number of halogens is 2. The third-order valence-electron chi connectivity index (χ3n) is 1.53. The summed E-state index contributed by atoms with van der Waals surface area (Å²) in [5.41, 5.74) is 0.834. The van der Waals surface area contributed by atoms with E-state index in [1.54, 1.807) is 0 Å². The average Bonchev–Trinajstić information content (AvgIpc) is 2.01. The summed E-state index contributed by atoms with van der Waals surface area (Å²) < 4.78 is 5.55. The van der Waals surface area contributed by atoms with E-state index in [0.717, 1.165) is 11.3 Å². The van der Waals surface area contributed by atoms with Crippen molar-refractivity contribution in [2.24, 2.45) is 0 Å². The first kappa shape index (κ1) is 11.9. The molecular formula is C11H14BrClO. The Bertz CT molecular complexity index is 304. The zero-order valence-electron chi connectivity index (χ0n) is 8.55. The first-order valence-electron chi connectivity index (χ1n) is 4.45. The quantitative estimate of drug-likeness (QED) is 0.723. The van der Waals surface area contributed by atoms with Crippen molar-refractivity contribution in [2.75, 3.05) is 0 Å². The summed E-state index contributed by atoms with van der Waals surface area (Å²) >= 11 is 9.21. The second-order valence-electron chi connectivity index (χ2n) is 4.09. The largest absolute Gasteiger partial charge is 0.488 e. The molecular weight excluding hydrogens is 263 g/mol. The lowest BCUT2D eigenvalue weighted by Crippen LogP contribution is -2.22. The molecule has 0 aromatic heterocycles. The fourth-order valence-corrected chi connectivity index (χ4v) is 1.49. The Hall–Kier alpha value is -0.210. The Morgan fingerprint density at radius 3 is 2.50 bits per heavy atom. The lowest BCUT2D eigenvalue weighted by Gasteiger charge is -2.21. The van der Waals surface area contributed by atoms with Gasteiger partial charge in [-0.15, -0.1) is 11.6 Å². The van der Waals surface area contributed by atoms with Crippen molar-refractivity contribution in [3.63, 3.8) is 0 Å². The van der Waals surface area contributed by atoms with E-state index >= 15 is 0 Å². The molecule has 0 radical (unpaired) electrons. The highest BCUT2D eigenvalue weighted by atomic mass is 79.9. The molecule has 1 rings (SSSR count). The van der Waals surface area contributed by atoms with Gasteiger partial charge < -0.3 is 4.74 Å². The highest BCUT2D eigenvalue weighted by Gasteiger charge is 2.12. The van der Waals surface area contributed by atoms with Gasteiger partial charge in [-0.2, -0.15) is 0 Å². The van der Waals surface area contributed by atoms with Crippen molar-refractivity contribution in [1.29, 1.82) is 0 Å². The second-order valence-corrected chi connectivity index (χ2v) is 5.97. The van der Waals surface area contributed by atoms with Crippen LogP contribution in [0.4, 0.5) is 0 Å². The molecule has 14 heavy (non-hydrogen) atoms.